The number of hydrogen-bond acceptors (Lipinski definition) is 4. The lowest BCUT2D eigenvalue weighted by molar-refractivity contribution is -0.128. The summed E-state index contributed by atoms with van der Waals surface area (Å²) in [7, 11) is -1.99. The predicted octanol–water partition coefficient (Wildman–Crippen LogP) is 1.21. The lowest BCUT2D eigenvalue weighted by Gasteiger charge is -2.25. The summed E-state index contributed by atoms with van der Waals surface area (Å²) in [4.78, 5) is 26.6. The molecule has 1 heterocycles. The van der Waals surface area contributed by atoms with Crippen LogP contribution in [-0.4, -0.2) is 38.7 Å². The molecule has 2 aromatic carbocycles. The fraction of sp³-hybridized carbons (Fsp3) is 0.300. The van der Waals surface area contributed by atoms with E-state index in [0.717, 1.165) is 11.1 Å². The summed E-state index contributed by atoms with van der Waals surface area (Å²) in [5.41, 5.74) is 1.82. The zero-order valence-corrected chi connectivity index (χ0v) is 16.4. The minimum Gasteiger partial charge on any atom is -0.355 e. The lowest BCUT2D eigenvalue weighted by atomic mass is 9.93. The van der Waals surface area contributed by atoms with Crippen molar-refractivity contribution < 1.29 is 18.0 Å². The molecule has 28 heavy (non-hydrogen) atoms. The quantitative estimate of drug-likeness (QED) is 0.758. The molecule has 1 aliphatic heterocycles. The Labute approximate surface area is 164 Å². The third kappa shape index (κ3) is 4.40. The van der Waals surface area contributed by atoms with Crippen LogP contribution in [0.5, 0.6) is 0 Å². The van der Waals surface area contributed by atoms with Crippen molar-refractivity contribution in [1.29, 1.82) is 0 Å². The first-order valence-electron chi connectivity index (χ1n) is 8.97. The van der Waals surface area contributed by atoms with E-state index in [2.05, 4.69) is 5.32 Å². The van der Waals surface area contributed by atoms with E-state index in [-0.39, 0.29) is 29.2 Å². The number of nitrogens with zero attached hydrogens (tertiary/aromatic N) is 1. The van der Waals surface area contributed by atoms with Gasteiger partial charge in [0.2, 0.25) is 21.8 Å². The van der Waals surface area contributed by atoms with E-state index in [9.17, 15) is 18.0 Å². The van der Waals surface area contributed by atoms with Gasteiger partial charge < -0.3 is 10.2 Å². The van der Waals surface area contributed by atoms with Gasteiger partial charge in [0.25, 0.3) is 0 Å². The first kappa shape index (κ1) is 20.0. The van der Waals surface area contributed by atoms with Crippen LogP contribution < -0.4 is 10.5 Å². The smallest absolute Gasteiger partial charge is 0.238 e. The average Bonchev–Trinajstić information content (AvgIpc) is 2.97. The molecule has 0 spiro atoms. The molecule has 148 valence electrons. The topological polar surface area (TPSA) is 110 Å². The van der Waals surface area contributed by atoms with Crippen molar-refractivity contribution in [3.05, 3.63) is 65.7 Å². The summed E-state index contributed by atoms with van der Waals surface area (Å²) in [5.74, 6) is -0.648. The maximum absolute atomic E-state index is 12.7. The number of nitrogens with one attached hydrogen (secondary N) is 1. The fourth-order valence-corrected chi connectivity index (χ4v) is 4.03. The standard InChI is InChI=1S/C20H23N3O4S/c1-23-18(24)13-17(19(23)15-5-3-2-4-6-15)20(25)22-12-11-14-7-9-16(10-8-14)28(21,26)27/h2-10,17,19H,11-13H2,1H3,(H,22,25)(H2,21,26,27)/t17-,19+/m0/s1. The Morgan fingerprint density at radius 2 is 1.79 bits per heavy atom. The second kappa shape index (κ2) is 8.12. The van der Waals surface area contributed by atoms with Crippen LogP contribution in [0, 0.1) is 5.92 Å². The van der Waals surface area contributed by atoms with Crippen LogP contribution >= 0.6 is 0 Å². The van der Waals surface area contributed by atoms with Gasteiger partial charge >= 0.3 is 0 Å². The Balaban J connectivity index is 1.61. The highest BCUT2D eigenvalue weighted by Gasteiger charge is 2.42. The van der Waals surface area contributed by atoms with E-state index in [1.54, 1.807) is 24.1 Å². The summed E-state index contributed by atoms with van der Waals surface area (Å²) >= 11 is 0. The number of carbonyl (C=O) groups is 2. The van der Waals surface area contributed by atoms with Gasteiger partial charge in [-0.2, -0.15) is 0 Å². The molecule has 1 aliphatic rings. The highest BCUT2D eigenvalue weighted by molar-refractivity contribution is 7.89. The van der Waals surface area contributed by atoms with Gasteiger partial charge in [-0.25, -0.2) is 13.6 Å². The highest BCUT2D eigenvalue weighted by atomic mass is 32.2. The van der Waals surface area contributed by atoms with Gasteiger partial charge in [-0.05, 0) is 29.7 Å². The predicted molar refractivity (Wildman–Crippen MR) is 105 cm³/mol. The summed E-state index contributed by atoms with van der Waals surface area (Å²) in [5, 5.41) is 7.98. The van der Waals surface area contributed by atoms with Crippen molar-refractivity contribution in [3.8, 4) is 0 Å². The fourth-order valence-electron chi connectivity index (χ4n) is 3.52. The highest BCUT2D eigenvalue weighted by Crippen LogP contribution is 2.36. The Morgan fingerprint density at radius 3 is 2.39 bits per heavy atom. The average molecular weight is 401 g/mol. The summed E-state index contributed by atoms with van der Waals surface area (Å²) in [6.07, 6.45) is 0.730. The Bertz CT molecular complexity index is 959. The number of benzene rings is 2. The van der Waals surface area contributed by atoms with Crippen LogP contribution in [0.1, 0.15) is 23.6 Å². The van der Waals surface area contributed by atoms with Crippen molar-refractivity contribution in [2.45, 2.75) is 23.8 Å². The number of likely N-dealkylation sites (tertiary alicyclic amines) is 1. The van der Waals surface area contributed by atoms with Gasteiger partial charge in [-0.1, -0.05) is 42.5 Å². The molecule has 8 heteroatoms. The van der Waals surface area contributed by atoms with Crippen LogP contribution in [0.3, 0.4) is 0 Å². The third-order valence-corrected chi connectivity index (χ3v) is 5.96. The van der Waals surface area contributed by atoms with E-state index in [4.69, 9.17) is 5.14 Å². The SMILES string of the molecule is CN1C(=O)C[C@H](C(=O)NCCc2ccc(S(N)(=O)=O)cc2)[C@H]1c1ccccc1. The summed E-state index contributed by atoms with van der Waals surface area (Å²) in [6.45, 7) is 0.392. The molecule has 2 atom stereocenters. The second-order valence-electron chi connectivity index (χ2n) is 6.90. The van der Waals surface area contributed by atoms with E-state index in [1.165, 1.54) is 12.1 Å². The van der Waals surface area contributed by atoms with E-state index >= 15 is 0 Å². The maximum atomic E-state index is 12.7. The molecule has 0 unspecified atom stereocenters. The summed E-state index contributed by atoms with van der Waals surface area (Å²) in [6, 6.07) is 15.5. The zero-order chi connectivity index (χ0) is 20.3. The maximum Gasteiger partial charge on any atom is 0.238 e. The molecule has 7 nitrogen and oxygen atoms in total. The number of primary sulfonamides is 1. The molecular formula is C20H23N3O4S. The molecule has 0 radical (unpaired) electrons. The van der Waals surface area contributed by atoms with Crippen LogP contribution in [0.15, 0.2) is 59.5 Å². The molecule has 3 N–H and O–H groups in total. The second-order valence-corrected chi connectivity index (χ2v) is 8.46. The van der Waals surface area contributed by atoms with Crippen LogP contribution in [0.2, 0.25) is 0 Å². The van der Waals surface area contributed by atoms with Gasteiger partial charge in [0.1, 0.15) is 0 Å². The monoisotopic (exact) mass is 401 g/mol. The minimum atomic E-state index is -3.71. The molecule has 2 aromatic rings. The number of sulfonamides is 1. The number of rotatable bonds is 6. The van der Waals surface area contributed by atoms with Crippen molar-refractivity contribution in [3.63, 3.8) is 0 Å². The summed E-state index contributed by atoms with van der Waals surface area (Å²) < 4.78 is 22.6. The molecule has 0 bridgehead atoms. The Hall–Kier alpha value is -2.71. The molecule has 0 aliphatic carbocycles. The zero-order valence-electron chi connectivity index (χ0n) is 15.5. The lowest BCUT2D eigenvalue weighted by Crippen LogP contribution is -2.35. The molecule has 0 aromatic heterocycles. The molecule has 1 fully saturated rings. The number of amides is 2. The van der Waals surface area contributed by atoms with Crippen molar-refractivity contribution in [2.75, 3.05) is 13.6 Å². The molecule has 2 amide bonds. The number of carbonyl (C=O) groups excluding carboxylic acids is 2. The van der Waals surface area contributed by atoms with Crippen LogP contribution in [-0.2, 0) is 26.0 Å². The Kier molecular flexibility index (Phi) is 5.81. The van der Waals surface area contributed by atoms with Crippen LogP contribution in [0.4, 0.5) is 0 Å². The van der Waals surface area contributed by atoms with Crippen molar-refractivity contribution in [2.24, 2.45) is 11.1 Å². The molecule has 0 saturated carbocycles. The van der Waals surface area contributed by atoms with Crippen molar-refractivity contribution in [1.82, 2.24) is 10.2 Å². The van der Waals surface area contributed by atoms with Gasteiger partial charge in [0, 0.05) is 20.0 Å². The van der Waals surface area contributed by atoms with Gasteiger partial charge in [0.15, 0.2) is 0 Å². The van der Waals surface area contributed by atoms with E-state index < -0.39 is 15.9 Å². The molecule has 1 saturated heterocycles. The largest absolute Gasteiger partial charge is 0.355 e. The van der Waals surface area contributed by atoms with Gasteiger partial charge in [-0.3, -0.25) is 9.59 Å². The van der Waals surface area contributed by atoms with Crippen LogP contribution in [0.25, 0.3) is 0 Å². The molecular weight excluding hydrogens is 378 g/mol. The Morgan fingerprint density at radius 1 is 1.14 bits per heavy atom. The first-order valence-corrected chi connectivity index (χ1v) is 10.5. The normalized spacial score (nSPS) is 19.6. The van der Waals surface area contributed by atoms with E-state index in [0.29, 0.717) is 13.0 Å². The number of hydrogen-bond donors (Lipinski definition) is 2. The van der Waals surface area contributed by atoms with Crippen molar-refractivity contribution >= 4 is 21.8 Å². The van der Waals surface area contributed by atoms with E-state index in [1.807, 2.05) is 30.3 Å². The molecule has 3 rings (SSSR count). The van der Waals surface area contributed by atoms with Gasteiger partial charge in [0.05, 0.1) is 16.9 Å². The number of nitrogens with two attached hydrogens (primary N) is 1. The minimum absolute atomic E-state index is 0.0485. The third-order valence-electron chi connectivity index (χ3n) is 5.03. The van der Waals surface area contributed by atoms with Gasteiger partial charge in [-0.15, -0.1) is 0 Å². The first-order chi connectivity index (χ1) is 13.3.